The number of thiazole rings is 1. The molecule has 0 radical (unpaired) electrons. The number of hydrogen-bond acceptors (Lipinski definition) is 5. The number of nitrogens with zero attached hydrogens (tertiary/aromatic N) is 3. The van der Waals surface area contributed by atoms with E-state index in [1.807, 2.05) is 10.4 Å². The van der Waals surface area contributed by atoms with Crippen molar-refractivity contribution in [1.29, 1.82) is 0 Å². The van der Waals surface area contributed by atoms with Gasteiger partial charge in [-0.3, -0.25) is 9.69 Å². The Morgan fingerprint density at radius 1 is 1.55 bits per heavy atom. The molecule has 2 atom stereocenters. The molecule has 0 unspecified atom stereocenters. The molecule has 4 rings (SSSR count). The van der Waals surface area contributed by atoms with E-state index in [4.69, 9.17) is 4.74 Å². The Hall–Kier alpha value is -0.980. The van der Waals surface area contributed by atoms with Gasteiger partial charge in [-0.15, -0.1) is 11.3 Å². The number of aryl methyl sites for hydroxylation is 1. The summed E-state index contributed by atoms with van der Waals surface area (Å²) in [6.07, 6.45) is 2.52. The lowest BCUT2D eigenvalue weighted by Gasteiger charge is -2.42. The van der Waals surface area contributed by atoms with E-state index in [0.717, 1.165) is 44.8 Å². The predicted molar refractivity (Wildman–Crippen MR) is 75.3 cm³/mol. The highest BCUT2D eigenvalue weighted by Crippen LogP contribution is 2.45. The van der Waals surface area contributed by atoms with Gasteiger partial charge in [0.25, 0.3) is 0 Å². The molecule has 0 aliphatic carbocycles. The van der Waals surface area contributed by atoms with Crippen molar-refractivity contribution >= 4 is 17.2 Å². The second kappa shape index (κ2) is 4.51. The first kappa shape index (κ1) is 12.7. The molecule has 1 amide bonds. The molecule has 4 heterocycles. The van der Waals surface area contributed by atoms with E-state index in [-0.39, 0.29) is 17.7 Å². The van der Waals surface area contributed by atoms with Crippen molar-refractivity contribution in [2.45, 2.75) is 44.5 Å². The summed E-state index contributed by atoms with van der Waals surface area (Å²) in [5, 5.41) is 0. The van der Waals surface area contributed by atoms with Crippen LogP contribution in [0.2, 0.25) is 0 Å². The first-order chi connectivity index (χ1) is 9.71. The Labute approximate surface area is 122 Å². The van der Waals surface area contributed by atoms with Crippen LogP contribution in [0.5, 0.6) is 0 Å². The van der Waals surface area contributed by atoms with E-state index in [2.05, 4.69) is 16.8 Å². The second-order valence-corrected chi connectivity index (χ2v) is 6.83. The maximum Gasteiger partial charge on any atom is 0.226 e. The summed E-state index contributed by atoms with van der Waals surface area (Å²) in [5.74, 6) is 0.264. The lowest BCUT2D eigenvalue weighted by atomic mass is 10.0. The lowest BCUT2D eigenvalue weighted by molar-refractivity contribution is -0.180. The van der Waals surface area contributed by atoms with E-state index in [0.29, 0.717) is 6.42 Å². The molecular weight excluding hydrogens is 274 g/mol. The Morgan fingerprint density at radius 2 is 2.45 bits per heavy atom. The fourth-order valence-electron chi connectivity index (χ4n) is 3.89. The molecule has 1 aromatic heterocycles. The predicted octanol–water partition coefficient (Wildman–Crippen LogP) is 1.37. The van der Waals surface area contributed by atoms with Crippen LogP contribution in [0.1, 0.15) is 29.8 Å². The Bertz CT molecular complexity index is 546. The van der Waals surface area contributed by atoms with Crippen LogP contribution in [0.4, 0.5) is 0 Å². The normalized spacial score (nSPS) is 33.5. The summed E-state index contributed by atoms with van der Waals surface area (Å²) in [4.78, 5) is 22.3. The largest absolute Gasteiger partial charge is 0.354 e. The van der Waals surface area contributed by atoms with Crippen LogP contribution in [0.15, 0.2) is 5.51 Å². The van der Waals surface area contributed by atoms with Crippen LogP contribution in [0.3, 0.4) is 0 Å². The first-order valence-corrected chi connectivity index (χ1v) is 8.16. The van der Waals surface area contributed by atoms with E-state index < -0.39 is 0 Å². The summed E-state index contributed by atoms with van der Waals surface area (Å²) in [6, 6.07) is 0.219. The van der Waals surface area contributed by atoms with Gasteiger partial charge in [-0.25, -0.2) is 4.98 Å². The van der Waals surface area contributed by atoms with E-state index in [1.165, 1.54) is 4.88 Å². The molecule has 0 N–H and O–H groups in total. The van der Waals surface area contributed by atoms with Crippen LogP contribution in [0.25, 0.3) is 0 Å². The number of aromatic nitrogens is 1. The zero-order valence-corrected chi connectivity index (χ0v) is 12.5. The number of hydrogen-bond donors (Lipinski definition) is 0. The van der Waals surface area contributed by atoms with Crippen molar-refractivity contribution in [2.24, 2.45) is 0 Å². The number of carbonyl (C=O) groups excluding carboxylic acids is 1. The molecule has 1 spiro atoms. The van der Waals surface area contributed by atoms with Crippen molar-refractivity contribution in [2.75, 3.05) is 19.7 Å². The summed E-state index contributed by atoms with van der Waals surface area (Å²) in [6.45, 7) is 5.61. The third kappa shape index (κ3) is 1.68. The quantitative estimate of drug-likeness (QED) is 0.826. The third-order valence-corrected chi connectivity index (χ3v) is 5.83. The van der Waals surface area contributed by atoms with Crippen molar-refractivity contribution in [3.8, 4) is 0 Å². The standard InChI is InChI=1S/C14H19N3O2S/c1-10-11(20-9-15-10)8-16-5-3-14-12(16)7-13(18)17(14)4-2-6-19-14/h9,12H,2-8H2,1H3/t12-,14+/m1/s1. The van der Waals surface area contributed by atoms with Gasteiger partial charge < -0.3 is 9.64 Å². The van der Waals surface area contributed by atoms with Crippen LogP contribution in [-0.4, -0.2) is 52.2 Å². The van der Waals surface area contributed by atoms with Crippen LogP contribution >= 0.6 is 11.3 Å². The fourth-order valence-corrected chi connectivity index (χ4v) is 4.69. The highest BCUT2D eigenvalue weighted by atomic mass is 32.1. The van der Waals surface area contributed by atoms with Crippen molar-refractivity contribution in [1.82, 2.24) is 14.8 Å². The van der Waals surface area contributed by atoms with Crippen LogP contribution < -0.4 is 0 Å². The first-order valence-electron chi connectivity index (χ1n) is 7.28. The number of rotatable bonds is 2. The minimum atomic E-state index is -0.325. The molecule has 3 fully saturated rings. The Kier molecular flexibility index (Phi) is 2.87. The van der Waals surface area contributed by atoms with Gasteiger partial charge in [0.1, 0.15) is 0 Å². The van der Waals surface area contributed by atoms with Crippen molar-refractivity contribution in [3.05, 3.63) is 16.1 Å². The lowest BCUT2D eigenvalue weighted by Crippen LogP contribution is -2.56. The molecule has 3 aliphatic rings. The van der Waals surface area contributed by atoms with E-state index >= 15 is 0 Å². The smallest absolute Gasteiger partial charge is 0.226 e. The number of amides is 1. The molecule has 1 aromatic rings. The highest BCUT2D eigenvalue weighted by Gasteiger charge is 2.60. The SMILES string of the molecule is Cc1ncsc1CN1CC[C@@]23OCCCN2C(=O)C[C@@H]13. The van der Waals surface area contributed by atoms with Crippen LogP contribution in [0, 0.1) is 6.92 Å². The average molecular weight is 293 g/mol. The average Bonchev–Trinajstić information content (AvgIpc) is 3.07. The van der Waals surface area contributed by atoms with Gasteiger partial charge in [0.15, 0.2) is 5.72 Å². The molecule has 20 heavy (non-hydrogen) atoms. The summed E-state index contributed by atoms with van der Waals surface area (Å²) in [5.41, 5.74) is 2.69. The maximum atomic E-state index is 12.2. The van der Waals surface area contributed by atoms with Crippen molar-refractivity contribution in [3.63, 3.8) is 0 Å². The molecular formula is C14H19N3O2S. The summed E-state index contributed by atoms with van der Waals surface area (Å²) < 4.78 is 6.11. The second-order valence-electron chi connectivity index (χ2n) is 5.89. The summed E-state index contributed by atoms with van der Waals surface area (Å²) in [7, 11) is 0. The number of ether oxygens (including phenoxy) is 1. The maximum absolute atomic E-state index is 12.2. The van der Waals surface area contributed by atoms with Gasteiger partial charge in [0.2, 0.25) is 5.91 Å². The molecule has 0 bridgehead atoms. The Balaban J connectivity index is 1.60. The van der Waals surface area contributed by atoms with Gasteiger partial charge in [-0.05, 0) is 13.3 Å². The topological polar surface area (TPSA) is 45.7 Å². The monoisotopic (exact) mass is 293 g/mol. The fraction of sp³-hybridized carbons (Fsp3) is 0.714. The van der Waals surface area contributed by atoms with Crippen molar-refractivity contribution < 1.29 is 9.53 Å². The number of likely N-dealkylation sites (tertiary alicyclic amines) is 1. The minimum absolute atomic E-state index is 0.219. The molecule has 108 valence electrons. The molecule has 0 saturated carbocycles. The highest BCUT2D eigenvalue weighted by molar-refractivity contribution is 7.09. The van der Waals surface area contributed by atoms with Crippen LogP contribution in [-0.2, 0) is 16.1 Å². The Morgan fingerprint density at radius 3 is 3.25 bits per heavy atom. The van der Waals surface area contributed by atoms with Gasteiger partial charge in [-0.1, -0.05) is 0 Å². The molecule has 5 nitrogen and oxygen atoms in total. The van der Waals surface area contributed by atoms with E-state index in [1.54, 1.807) is 11.3 Å². The minimum Gasteiger partial charge on any atom is -0.354 e. The molecule has 3 aliphatic heterocycles. The van der Waals surface area contributed by atoms with E-state index in [9.17, 15) is 4.79 Å². The molecule has 0 aromatic carbocycles. The van der Waals surface area contributed by atoms with Gasteiger partial charge in [0, 0.05) is 37.4 Å². The summed E-state index contributed by atoms with van der Waals surface area (Å²) >= 11 is 1.71. The zero-order valence-electron chi connectivity index (χ0n) is 11.7. The molecule has 6 heteroatoms. The third-order valence-electron chi connectivity index (χ3n) is 4.91. The van der Waals surface area contributed by atoms with Gasteiger partial charge in [-0.2, -0.15) is 0 Å². The molecule has 3 saturated heterocycles. The zero-order chi connectivity index (χ0) is 13.7. The van der Waals surface area contributed by atoms with Gasteiger partial charge in [0.05, 0.1) is 23.9 Å². The van der Waals surface area contributed by atoms with Gasteiger partial charge >= 0.3 is 0 Å². The number of carbonyl (C=O) groups is 1.